The van der Waals surface area contributed by atoms with Crippen molar-refractivity contribution in [2.45, 2.75) is 20.8 Å². The number of rotatable bonds is 1. The molecular formula is C22H18N2O. The average Bonchev–Trinajstić information content (AvgIpc) is 3.19. The SMILES string of the molecule is Cc1cc2c3ccccc3c3ncc(-c4c(C)cccc4C)n3c2o1. The number of hydrogen-bond donors (Lipinski definition) is 0. The highest BCUT2D eigenvalue weighted by Crippen LogP contribution is 2.36. The molecule has 3 nitrogen and oxygen atoms in total. The van der Waals surface area contributed by atoms with Gasteiger partial charge in [0.1, 0.15) is 11.4 Å². The Morgan fingerprint density at radius 2 is 1.56 bits per heavy atom. The van der Waals surface area contributed by atoms with Gasteiger partial charge in [-0.15, -0.1) is 0 Å². The van der Waals surface area contributed by atoms with Gasteiger partial charge in [-0.1, -0.05) is 42.5 Å². The molecule has 122 valence electrons. The zero-order valence-corrected chi connectivity index (χ0v) is 14.5. The smallest absolute Gasteiger partial charge is 0.213 e. The molecule has 5 rings (SSSR count). The Hall–Kier alpha value is -3.07. The number of fused-ring (bicyclic) bond motifs is 6. The molecule has 0 saturated heterocycles. The molecule has 0 radical (unpaired) electrons. The van der Waals surface area contributed by atoms with Crippen molar-refractivity contribution in [3.8, 4) is 11.3 Å². The summed E-state index contributed by atoms with van der Waals surface area (Å²) in [5.74, 6) is 0.911. The lowest BCUT2D eigenvalue weighted by Gasteiger charge is -2.11. The molecule has 0 bridgehead atoms. The summed E-state index contributed by atoms with van der Waals surface area (Å²) < 4.78 is 8.28. The van der Waals surface area contributed by atoms with Crippen molar-refractivity contribution in [3.05, 3.63) is 71.6 Å². The Morgan fingerprint density at radius 3 is 2.32 bits per heavy atom. The summed E-state index contributed by atoms with van der Waals surface area (Å²) in [5.41, 5.74) is 6.59. The van der Waals surface area contributed by atoms with Gasteiger partial charge >= 0.3 is 0 Å². The van der Waals surface area contributed by atoms with Crippen LogP contribution < -0.4 is 0 Å². The number of aryl methyl sites for hydroxylation is 3. The minimum Gasteiger partial charge on any atom is -0.444 e. The van der Waals surface area contributed by atoms with E-state index >= 15 is 0 Å². The number of pyridine rings is 1. The fraction of sp³-hybridized carbons (Fsp3) is 0.136. The molecule has 3 aromatic heterocycles. The van der Waals surface area contributed by atoms with Crippen molar-refractivity contribution in [1.82, 2.24) is 9.38 Å². The predicted octanol–water partition coefficient (Wildman–Crippen LogP) is 5.83. The van der Waals surface area contributed by atoms with Crippen molar-refractivity contribution in [3.63, 3.8) is 0 Å². The zero-order valence-electron chi connectivity index (χ0n) is 14.5. The van der Waals surface area contributed by atoms with Gasteiger partial charge in [-0.25, -0.2) is 4.98 Å². The average molecular weight is 326 g/mol. The minimum atomic E-state index is 0.862. The molecule has 3 heteroatoms. The van der Waals surface area contributed by atoms with Gasteiger partial charge in [-0.3, -0.25) is 4.40 Å². The lowest BCUT2D eigenvalue weighted by Crippen LogP contribution is -1.95. The van der Waals surface area contributed by atoms with Crippen molar-refractivity contribution in [1.29, 1.82) is 0 Å². The molecule has 0 unspecified atom stereocenters. The number of hydrogen-bond acceptors (Lipinski definition) is 2. The molecule has 0 aliphatic heterocycles. The molecule has 0 atom stereocenters. The maximum atomic E-state index is 6.11. The monoisotopic (exact) mass is 326 g/mol. The van der Waals surface area contributed by atoms with Gasteiger partial charge in [-0.05, 0) is 43.4 Å². The molecule has 0 saturated carbocycles. The molecule has 3 heterocycles. The Kier molecular flexibility index (Phi) is 2.84. The van der Waals surface area contributed by atoms with Gasteiger partial charge in [0.25, 0.3) is 0 Å². The predicted molar refractivity (Wildman–Crippen MR) is 102 cm³/mol. The highest BCUT2D eigenvalue weighted by atomic mass is 16.3. The molecule has 0 amide bonds. The van der Waals surface area contributed by atoms with Gasteiger partial charge in [0.15, 0.2) is 0 Å². The fourth-order valence-electron chi connectivity index (χ4n) is 3.92. The highest BCUT2D eigenvalue weighted by Gasteiger charge is 2.18. The molecule has 2 aromatic carbocycles. The lowest BCUT2D eigenvalue weighted by atomic mass is 10.0. The molecule has 0 N–H and O–H groups in total. The van der Waals surface area contributed by atoms with Crippen LogP contribution in [0.25, 0.3) is 38.8 Å². The molecule has 5 aromatic rings. The van der Waals surface area contributed by atoms with E-state index < -0.39 is 0 Å². The van der Waals surface area contributed by atoms with Crippen LogP contribution in [-0.4, -0.2) is 9.38 Å². The number of nitrogens with zero attached hydrogens (tertiary/aromatic N) is 2. The first-order valence-electron chi connectivity index (χ1n) is 8.50. The normalized spacial score (nSPS) is 11.8. The third-order valence-corrected chi connectivity index (χ3v) is 5.00. The maximum Gasteiger partial charge on any atom is 0.213 e. The van der Waals surface area contributed by atoms with Gasteiger partial charge in [0, 0.05) is 16.3 Å². The summed E-state index contributed by atoms with van der Waals surface area (Å²) in [6.45, 7) is 6.29. The molecule has 0 aliphatic carbocycles. The van der Waals surface area contributed by atoms with E-state index in [2.05, 4.69) is 66.8 Å². The van der Waals surface area contributed by atoms with Crippen LogP contribution in [0.1, 0.15) is 16.9 Å². The molecule has 25 heavy (non-hydrogen) atoms. The van der Waals surface area contributed by atoms with Crippen LogP contribution in [0.15, 0.2) is 59.1 Å². The summed E-state index contributed by atoms with van der Waals surface area (Å²) in [5, 5.41) is 3.46. The summed E-state index contributed by atoms with van der Waals surface area (Å²) in [4.78, 5) is 4.77. The van der Waals surface area contributed by atoms with Crippen LogP contribution in [0.5, 0.6) is 0 Å². The number of furan rings is 1. The van der Waals surface area contributed by atoms with Gasteiger partial charge in [-0.2, -0.15) is 0 Å². The molecule has 0 spiro atoms. The summed E-state index contributed by atoms with van der Waals surface area (Å²) in [6, 6.07) is 16.9. The minimum absolute atomic E-state index is 0.862. The second kappa shape index (κ2) is 4.96. The summed E-state index contributed by atoms with van der Waals surface area (Å²) >= 11 is 0. The number of aromatic nitrogens is 2. The Labute approximate surface area is 145 Å². The maximum absolute atomic E-state index is 6.11. The Balaban J connectivity index is 2.05. The van der Waals surface area contributed by atoms with E-state index in [1.54, 1.807) is 0 Å². The number of imidazole rings is 1. The Morgan fingerprint density at radius 1 is 0.840 bits per heavy atom. The standard InChI is InChI=1S/C22H18N2O/c1-13-7-6-8-14(2)20(13)19-12-23-21-17-10-5-4-9-16(17)18-11-15(3)25-22(18)24(19)21/h4-12H,1-3H3. The highest BCUT2D eigenvalue weighted by molar-refractivity contribution is 6.11. The van der Waals surface area contributed by atoms with E-state index in [1.165, 1.54) is 22.1 Å². The first kappa shape index (κ1) is 14.3. The second-order valence-electron chi connectivity index (χ2n) is 6.69. The van der Waals surface area contributed by atoms with Crippen LogP contribution in [-0.2, 0) is 0 Å². The van der Waals surface area contributed by atoms with E-state index in [9.17, 15) is 0 Å². The summed E-state index contributed by atoms with van der Waals surface area (Å²) in [7, 11) is 0. The third-order valence-electron chi connectivity index (χ3n) is 5.00. The van der Waals surface area contributed by atoms with E-state index in [0.29, 0.717) is 0 Å². The van der Waals surface area contributed by atoms with Crippen molar-refractivity contribution in [2.75, 3.05) is 0 Å². The first-order valence-corrected chi connectivity index (χ1v) is 8.50. The van der Waals surface area contributed by atoms with Crippen molar-refractivity contribution in [2.24, 2.45) is 0 Å². The van der Waals surface area contributed by atoms with Gasteiger partial charge < -0.3 is 4.42 Å². The fourth-order valence-corrected chi connectivity index (χ4v) is 3.92. The van der Waals surface area contributed by atoms with Crippen molar-refractivity contribution >= 4 is 27.5 Å². The van der Waals surface area contributed by atoms with Gasteiger partial charge in [0.05, 0.1) is 11.9 Å². The van der Waals surface area contributed by atoms with Gasteiger partial charge in [0.2, 0.25) is 5.71 Å². The Bertz CT molecular complexity index is 1250. The lowest BCUT2D eigenvalue weighted by molar-refractivity contribution is 0.564. The van der Waals surface area contributed by atoms with Crippen LogP contribution in [0.2, 0.25) is 0 Å². The third kappa shape index (κ3) is 1.89. The van der Waals surface area contributed by atoms with Crippen molar-refractivity contribution < 1.29 is 4.42 Å². The van der Waals surface area contributed by atoms with Crippen LogP contribution in [0.4, 0.5) is 0 Å². The second-order valence-corrected chi connectivity index (χ2v) is 6.69. The number of benzene rings is 2. The summed E-state index contributed by atoms with van der Waals surface area (Å²) in [6.07, 6.45) is 1.97. The zero-order chi connectivity index (χ0) is 17.1. The van der Waals surface area contributed by atoms with Crippen LogP contribution in [0, 0.1) is 20.8 Å². The largest absolute Gasteiger partial charge is 0.444 e. The molecular weight excluding hydrogens is 308 g/mol. The first-order chi connectivity index (χ1) is 12.1. The van der Waals surface area contributed by atoms with Crippen LogP contribution in [0.3, 0.4) is 0 Å². The molecule has 0 aliphatic rings. The quantitative estimate of drug-likeness (QED) is 0.388. The molecule has 0 fully saturated rings. The van der Waals surface area contributed by atoms with E-state index in [1.807, 2.05) is 13.1 Å². The van der Waals surface area contributed by atoms with E-state index in [-0.39, 0.29) is 0 Å². The van der Waals surface area contributed by atoms with E-state index in [0.717, 1.165) is 33.6 Å². The van der Waals surface area contributed by atoms with E-state index in [4.69, 9.17) is 9.40 Å². The topological polar surface area (TPSA) is 30.4 Å². The van der Waals surface area contributed by atoms with Crippen LogP contribution >= 0.6 is 0 Å².